The van der Waals surface area contributed by atoms with E-state index in [-0.39, 0.29) is 12.0 Å². The molecule has 1 amide bonds. The van der Waals surface area contributed by atoms with Crippen molar-refractivity contribution in [3.05, 3.63) is 41.9 Å². The van der Waals surface area contributed by atoms with Gasteiger partial charge in [-0.05, 0) is 19.8 Å². The lowest BCUT2D eigenvalue weighted by molar-refractivity contribution is -0.133. The molecule has 0 unspecified atom stereocenters. The number of rotatable bonds is 4. The van der Waals surface area contributed by atoms with E-state index in [1.807, 2.05) is 36.1 Å². The Morgan fingerprint density at radius 3 is 2.70 bits per heavy atom. The van der Waals surface area contributed by atoms with Crippen LogP contribution in [0.1, 0.15) is 30.7 Å². The van der Waals surface area contributed by atoms with E-state index in [0.717, 1.165) is 11.3 Å². The molecule has 2 aromatic rings. The van der Waals surface area contributed by atoms with Crippen molar-refractivity contribution in [1.29, 1.82) is 0 Å². The summed E-state index contributed by atoms with van der Waals surface area (Å²) in [5.41, 5.74) is 2.19. The molecular formula is C18H22N2O3. The third-order valence-corrected chi connectivity index (χ3v) is 4.26. The summed E-state index contributed by atoms with van der Waals surface area (Å²) in [6.45, 7) is 3.32. The molecule has 5 nitrogen and oxygen atoms in total. The summed E-state index contributed by atoms with van der Waals surface area (Å²) in [7, 11) is 0. The van der Waals surface area contributed by atoms with Crippen molar-refractivity contribution in [2.24, 2.45) is 0 Å². The van der Waals surface area contributed by atoms with E-state index in [1.165, 1.54) is 5.56 Å². The Bertz CT molecular complexity index is 655. The zero-order valence-electron chi connectivity index (χ0n) is 13.4. The van der Waals surface area contributed by atoms with Gasteiger partial charge < -0.3 is 14.4 Å². The van der Waals surface area contributed by atoms with E-state index >= 15 is 0 Å². The molecule has 3 rings (SSSR count). The van der Waals surface area contributed by atoms with Crippen molar-refractivity contribution >= 4 is 5.91 Å². The number of hydrogen-bond acceptors (Lipinski definition) is 4. The second-order valence-electron chi connectivity index (χ2n) is 6.10. The van der Waals surface area contributed by atoms with E-state index in [9.17, 15) is 9.90 Å². The summed E-state index contributed by atoms with van der Waals surface area (Å²) in [6.07, 6.45) is 3.68. The number of aromatic nitrogens is 1. The summed E-state index contributed by atoms with van der Waals surface area (Å²) in [6, 6.07) is 8.07. The molecule has 1 aromatic heterocycles. The number of aryl methyl sites for hydroxylation is 2. The third-order valence-electron chi connectivity index (χ3n) is 4.26. The van der Waals surface area contributed by atoms with Crippen LogP contribution >= 0.6 is 0 Å². The van der Waals surface area contributed by atoms with Gasteiger partial charge in [0.05, 0.1) is 12.3 Å². The summed E-state index contributed by atoms with van der Waals surface area (Å²) in [5.74, 6) is 1.42. The maximum Gasteiger partial charge on any atom is 0.223 e. The van der Waals surface area contributed by atoms with Gasteiger partial charge in [0.2, 0.25) is 5.91 Å². The zero-order valence-corrected chi connectivity index (χ0v) is 13.4. The maximum absolute atomic E-state index is 12.2. The Kier molecular flexibility index (Phi) is 4.76. The Morgan fingerprint density at radius 1 is 1.30 bits per heavy atom. The smallest absolute Gasteiger partial charge is 0.223 e. The minimum Gasteiger partial charge on any atom is -0.441 e. The second kappa shape index (κ2) is 6.96. The molecule has 0 bridgehead atoms. The number of nitrogens with zero attached hydrogens (tertiary/aromatic N) is 2. The van der Waals surface area contributed by atoms with Crippen LogP contribution in [0, 0.1) is 6.92 Å². The summed E-state index contributed by atoms with van der Waals surface area (Å²) in [5, 5.41) is 9.48. The molecule has 2 heterocycles. The highest BCUT2D eigenvalue weighted by Gasteiger charge is 2.21. The van der Waals surface area contributed by atoms with Crippen molar-refractivity contribution in [2.45, 2.75) is 38.7 Å². The van der Waals surface area contributed by atoms with Gasteiger partial charge in [-0.1, -0.05) is 29.8 Å². The highest BCUT2D eigenvalue weighted by atomic mass is 16.4. The van der Waals surface area contributed by atoms with Gasteiger partial charge in [0, 0.05) is 31.5 Å². The topological polar surface area (TPSA) is 66.6 Å². The number of carbonyl (C=O) groups excluding carboxylic acids is 1. The number of likely N-dealkylation sites (tertiary alicyclic amines) is 1. The van der Waals surface area contributed by atoms with Crippen molar-refractivity contribution in [1.82, 2.24) is 9.88 Å². The summed E-state index contributed by atoms with van der Waals surface area (Å²) >= 11 is 0. The molecule has 0 spiro atoms. The standard InChI is InChI=1S/C18H22N2O3/c1-13-2-4-14(5-3-13)16-12-19-17(23-16)6-7-18(22)20-10-8-15(21)9-11-20/h2-5,12,15,21H,6-11H2,1H3. The molecule has 1 aliphatic heterocycles. The van der Waals surface area contributed by atoms with Crippen molar-refractivity contribution in [2.75, 3.05) is 13.1 Å². The van der Waals surface area contributed by atoms with Crippen LogP contribution in [0.15, 0.2) is 34.9 Å². The number of aliphatic hydroxyl groups is 1. The molecule has 122 valence electrons. The molecule has 5 heteroatoms. The first-order valence-electron chi connectivity index (χ1n) is 8.09. The van der Waals surface area contributed by atoms with Crippen LogP contribution in [0.2, 0.25) is 0 Å². The van der Waals surface area contributed by atoms with Gasteiger partial charge in [0.25, 0.3) is 0 Å². The minimum atomic E-state index is -0.261. The Hall–Kier alpha value is -2.14. The normalized spacial score (nSPS) is 15.8. The second-order valence-corrected chi connectivity index (χ2v) is 6.10. The number of amides is 1. The number of carbonyl (C=O) groups is 1. The SMILES string of the molecule is Cc1ccc(-c2cnc(CCC(=O)N3CCC(O)CC3)o2)cc1. The fourth-order valence-electron chi connectivity index (χ4n) is 2.76. The molecule has 0 radical (unpaired) electrons. The van der Waals surface area contributed by atoms with Crippen LogP contribution in [0.25, 0.3) is 11.3 Å². The summed E-state index contributed by atoms with van der Waals surface area (Å²) in [4.78, 5) is 18.2. The molecule has 1 aliphatic rings. The number of benzene rings is 1. The van der Waals surface area contributed by atoms with Gasteiger partial charge in [-0.2, -0.15) is 0 Å². The molecule has 0 saturated carbocycles. The number of hydrogen-bond donors (Lipinski definition) is 1. The van der Waals surface area contributed by atoms with Crippen molar-refractivity contribution in [3.63, 3.8) is 0 Å². The van der Waals surface area contributed by atoms with E-state index in [2.05, 4.69) is 4.98 Å². The van der Waals surface area contributed by atoms with E-state index in [1.54, 1.807) is 6.20 Å². The number of oxazole rings is 1. The van der Waals surface area contributed by atoms with E-state index in [4.69, 9.17) is 4.42 Å². The van der Waals surface area contributed by atoms with Gasteiger partial charge in [0.1, 0.15) is 0 Å². The first kappa shape index (κ1) is 15.7. The molecule has 0 aliphatic carbocycles. The number of aliphatic hydroxyl groups excluding tert-OH is 1. The van der Waals surface area contributed by atoms with Crippen LogP contribution in [0.4, 0.5) is 0 Å². The molecule has 1 N–H and O–H groups in total. The Balaban J connectivity index is 1.55. The van der Waals surface area contributed by atoms with Crippen LogP contribution in [-0.4, -0.2) is 40.1 Å². The largest absolute Gasteiger partial charge is 0.441 e. The maximum atomic E-state index is 12.2. The van der Waals surface area contributed by atoms with Gasteiger partial charge in [0.15, 0.2) is 11.7 Å². The fourth-order valence-corrected chi connectivity index (χ4v) is 2.76. The van der Waals surface area contributed by atoms with E-state index < -0.39 is 0 Å². The molecule has 1 fully saturated rings. The molecule has 0 atom stereocenters. The number of piperidine rings is 1. The van der Waals surface area contributed by atoms with Crippen molar-refractivity contribution in [3.8, 4) is 11.3 Å². The summed E-state index contributed by atoms with van der Waals surface area (Å²) < 4.78 is 5.74. The Morgan fingerprint density at radius 2 is 2.00 bits per heavy atom. The molecule has 1 aromatic carbocycles. The minimum absolute atomic E-state index is 0.104. The zero-order chi connectivity index (χ0) is 16.2. The quantitative estimate of drug-likeness (QED) is 0.942. The lowest BCUT2D eigenvalue weighted by Gasteiger charge is -2.29. The molecule has 23 heavy (non-hydrogen) atoms. The first-order chi connectivity index (χ1) is 11.1. The Labute approximate surface area is 135 Å². The van der Waals surface area contributed by atoms with Gasteiger partial charge in [-0.15, -0.1) is 0 Å². The van der Waals surface area contributed by atoms with Crippen LogP contribution in [0.5, 0.6) is 0 Å². The average molecular weight is 314 g/mol. The molecule has 1 saturated heterocycles. The first-order valence-corrected chi connectivity index (χ1v) is 8.09. The lowest BCUT2D eigenvalue weighted by atomic mass is 10.1. The van der Waals surface area contributed by atoms with Gasteiger partial charge >= 0.3 is 0 Å². The van der Waals surface area contributed by atoms with E-state index in [0.29, 0.717) is 44.7 Å². The molecular weight excluding hydrogens is 292 g/mol. The van der Waals surface area contributed by atoms with Gasteiger partial charge in [-0.25, -0.2) is 4.98 Å². The van der Waals surface area contributed by atoms with Crippen LogP contribution < -0.4 is 0 Å². The monoisotopic (exact) mass is 314 g/mol. The predicted octanol–water partition coefficient (Wildman–Crippen LogP) is 2.57. The highest BCUT2D eigenvalue weighted by molar-refractivity contribution is 5.76. The van der Waals surface area contributed by atoms with Crippen LogP contribution in [-0.2, 0) is 11.2 Å². The van der Waals surface area contributed by atoms with Gasteiger partial charge in [-0.3, -0.25) is 4.79 Å². The highest BCUT2D eigenvalue weighted by Crippen LogP contribution is 2.21. The van der Waals surface area contributed by atoms with Crippen molar-refractivity contribution < 1.29 is 14.3 Å². The predicted molar refractivity (Wildman–Crippen MR) is 86.8 cm³/mol. The average Bonchev–Trinajstić information content (AvgIpc) is 3.03. The lowest BCUT2D eigenvalue weighted by Crippen LogP contribution is -2.40. The third kappa shape index (κ3) is 3.99. The fraction of sp³-hybridized carbons (Fsp3) is 0.444. The van der Waals surface area contributed by atoms with Crippen LogP contribution in [0.3, 0.4) is 0 Å².